The Morgan fingerprint density at radius 2 is 2.14 bits per heavy atom. The van der Waals surface area contributed by atoms with Gasteiger partial charge >= 0.3 is 0 Å². The molecule has 1 aromatic rings. The molecule has 1 aliphatic rings. The lowest BCUT2D eigenvalue weighted by Crippen LogP contribution is -2.68. The van der Waals surface area contributed by atoms with Gasteiger partial charge in [-0.25, -0.2) is 0 Å². The number of amides is 1. The molecule has 0 aliphatic heterocycles. The molecule has 2 rings (SSSR count). The first-order valence-corrected chi connectivity index (χ1v) is 7.16. The van der Waals surface area contributed by atoms with E-state index in [0.29, 0.717) is 11.4 Å². The summed E-state index contributed by atoms with van der Waals surface area (Å²) >= 11 is 0. The van der Waals surface area contributed by atoms with Gasteiger partial charge in [-0.2, -0.15) is 0 Å². The van der Waals surface area contributed by atoms with Crippen LogP contribution in [0.4, 0.5) is 0 Å². The van der Waals surface area contributed by atoms with E-state index in [2.05, 4.69) is 31.1 Å². The fraction of sp³-hybridized carbons (Fsp3) is 0.625. The molecule has 1 N–H and O–H groups in total. The van der Waals surface area contributed by atoms with Gasteiger partial charge in [-0.3, -0.25) is 9.78 Å². The maximum atomic E-state index is 12.2. The highest BCUT2D eigenvalue weighted by Crippen LogP contribution is 2.51. The Morgan fingerprint density at radius 1 is 1.43 bits per heavy atom. The molecule has 116 valence electrons. The predicted octanol–water partition coefficient (Wildman–Crippen LogP) is 1.95. The topological polar surface area (TPSA) is 60.5 Å². The van der Waals surface area contributed by atoms with Gasteiger partial charge in [0, 0.05) is 24.8 Å². The first-order chi connectivity index (χ1) is 9.84. The minimum atomic E-state index is -0.187. The Hall–Kier alpha value is -1.62. The standard InChI is InChI=1S/C16H24N2O3/c1-15(2)13(10-16(15,3)21-5)18-14(19)9-11-12(20-4)7-6-8-17-11/h6-8,13H,9-10H2,1-5H3,(H,18,19)/t13-,16-/m0/s1. The number of methoxy groups -OCH3 is 2. The van der Waals surface area contributed by atoms with Gasteiger partial charge in [0.2, 0.25) is 5.91 Å². The van der Waals surface area contributed by atoms with E-state index >= 15 is 0 Å². The van der Waals surface area contributed by atoms with Crippen LogP contribution < -0.4 is 10.1 Å². The van der Waals surface area contributed by atoms with Gasteiger partial charge in [0.15, 0.2) is 0 Å². The number of ether oxygens (including phenoxy) is 2. The second kappa shape index (κ2) is 5.64. The zero-order valence-electron chi connectivity index (χ0n) is 13.4. The molecule has 2 atom stereocenters. The summed E-state index contributed by atoms with van der Waals surface area (Å²) in [5, 5.41) is 3.08. The van der Waals surface area contributed by atoms with Crippen molar-refractivity contribution in [3.8, 4) is 5.75 Å². The quantitative estimate of drug-likeness (QED) is 0.901. The molecular weight excluding hydrogens is 268 g/mol. The third kappa shape index (κ3) is 2.75. The summed E-state index contributed by atoms with van der Waals surface area (Å²) in [6, 6.07) is 3.72. The van der Waals surface area contributed by atoms with Gasteiger partial charge in [0.1, 0.15) is 5.75 Å². The highest BCUT2D eigenvalue weighted by Gasteiger charge is 2.58. The molecule has 0 saturated heterocycles. The molecule has 0 bridgehead atoms. The minimum Gasteiger partial charge on any atom is -0.495 e. The first kappa shape index (κ1) is 15.8. The molecule has 1 saturated carbocycles. The van der Waals surface area contributed by atoms with Gasteiger partial charge in [-0.1, -0.05) is 13.8 Å². The van der Waals surface area contributed by atoms with Crippen LogP contribution in [-0.4, -0.2) is 36.8 Å². The lowest BCUT2D eigenvalue weighted by atomic mass is 9.56. The Morgan fingerprint density at radius 3 is 2.71 bits per heavy atom. The number of nitrogens with zero attached hydrogens (tertiary/aromatic N) is 1. The van der Waals surface area contributed by atoms with Gasteiger partial charge < -0.3 is 14.8 Å². The Kier molecular flexibility index (Phi) is 4.23. The van der Waals surface area contributed by atoms with Crippen molar-refractivity contribution in [2.75, 3.05) is 14.2 Å². The number of nitrogens with one attached hydrogen (secondary N) is 1. The lowest BCUT2D eigenvalue weighted by molar-refractivity contribution is -0.182. The zero-order chi connectivity index (χ0) is 15.7. The van der Waals surface area contributed by atoms with Crippen LogP contribution in [0.2, 0.25) is 0 Å². The summed E-state index contributed by atoms with van der Waals surface area (Å²) in [6.07, 6.45) is 2.71. The maximum absolute atomic E-state index is 12.2. The smallest absolute Gasteiger partial charge is 0.226 e. The SMILES string of the molecule is COc1cccnc1CC(=O)N[C@H]1C[C@](C)(OC)C1(C)C. The molecule has 0 aromatic carbocycles. The van der Waals surface area contributed by atoms with Crippen molar-refractivity contribution in [3.05, 3.63) is 24.0 Å². The molecule has 1 aliphatic carbocycles. The number of rotatable bonds is 5. The number of aromatic nitrogens is 1. The van der Waals surface area contributed by atoms with E-state index in [1.165, 1.54) is 0 Å². The van der Waals surface area contributed by atoms with Crippen LogP contribution in [0.25, 0.3) is 0 Å². The van der Waals surface area contributed by atoms with Crippen LogP contribution in [-0.2, 0) is 16.0 Å². The van der Waals surface area contributed by atoms with Crippen molar-refractivity contribution < 1.29 is 14.3 Å². The molecule has 0 unspecified atom stereocenters. The molecule has 5 heteroatoms. The molecule has 1 amide bonds. The number of carbonyl (C=O) groups is 1. The summed E-state index contributed by atoms with van der Waals surface area (Å²) in [5.74, 6) is 0.602. The van der Waals surface area contributed by atoms with Crippen LogP contribution >= 0.6 is 0 Å². The molecular formula is C16H24N2O3. The van der Waals surface area contributed by atoms with Crippen molar-refractivity contribution in [1.82, 2.24) is 10.3 Å². The molecule has 21 heavy (non-hydrogen) atoms. The highest BCUT2D eigenvalue weighted by atomic mass is 16.5. The van der Waals surface area contributed by atoms with Crippen molar-refractivity contribution >= 4 is 5.91 Å². The lowest BCUT2D eigenvalue weighted by Gasteiger charge is -2.59. The van der Waals surface area contributed by atoms with E-state index < -0.39 is 0 Å². The summed E-state index contributed by atoms with van der Waals surface area (Å²) in [7, 11) is 3.30. The maximum Gasteiger partial charge on any atom is 0.226 e. The fourth-order valence-corrected chi connectivity index (χ4v) is 2.86. The molecule has 0 radical (unpaired) electrons. The van der Waals surface area contributed by atoms with E-state index in [0.717, 1.165) is 6.42 Å². The highest BCUT2D eigenvalue weighted by molar-refractivity contribution is 5.79. The number of hydrogen-bond acceptors (Lipinski definition) is 4. The first-order valence-electron chi connectivity index (χ1n) is 7.16. The summed E-state index contributed by atoms with van der Waals surface area (Å²) in [5.41, 5.74) is 0.378. The largest absolute Gasteiger partial charge is 0.495 e. The van der Waals surface area contributed by atoms with E-state index in [1.807, 2.05) is 6.07 Å². The molecule has 1 aromatic heterocycles. The van der Waals surface area contributed by atoms with Crippen molar-refractivity contribution in [2.24, 2.45) is 5.41 Å². The molecule has 5 nitrogen and oxygen atoms in total. The average Bonchev–Trinajstić information content (AvgIpc) is 2.47. The number of pyridine rings is 1. The molecule has 0 spiro atoms. The van der Waals surface area contributed by atoms with Crippen LogP contribution in [0.3, 0.4) is 0 Å². The number of carbonyl (C=O) groups excluding carboxylic acids is 1. The molecule has 1 fully saturated rings. The zero-order valence-corrected chi connectivity index (χ0v) is 13.4. The van der Waals surface area contributed by atoms with Gasteiger partial charge in [0.25, 0.3) is 0 Å². The van der Waals surface area contributed by atoms with Crippen LogP contribution in [0.5, 0.6) is 5.75 Å². The van der Waals surface area contributed by atoms with Gasteiger partial charge in [0.05, 0.1) is 24.8 Å². The fourth-order valence-electron chi connectivity index (χ4n) is 2.86. The van der Waals surface area contributed by atoms with E-state index in [4.69, 9.17) is 9.47 Å². The minimum absolute atomic E-state index is 0.0387. The number of hydrogen-bond donors (Lipinski definition) is 1. The Balaban J connectivity index is 1.98. The van der Waals surface area contributed by atoms with Crippen molar-refractivity contribution in [2.45, 2.75) is 45.3 Å². The monoisotopic (exact) mass is 292 g/mol. The Bertz CT molecular complexity index is 530. The van der Waals surface area contributed by atoms with Crippen LogP contribution in [0.1, 0.15) is 32.9 Å². The van der Waals surface area contributed by atoms with Crippen molar-refractivity contribution in [1.29, 1.82) is 0 Å². The van der Waals surface area contributed by atoms with Gasteiger partial charge in [-0.05, 0) is 25.5 Å². The van der Waals surface area contributed by atoms with Crippen LogP contribution in [0.15, 0.2) is 18.3 Å². The Labute approximate surface area is 126 Å². The second-order valence-corrected chi connectivity index (χ2v) is 6.31. The predicted molar refractivity (Wildman–Crippen MR) is 80.2 cm³/mol. The van der Waals surface area contributed by atoms with E-state index in [9.17, 15) is 4.79 Å². The van der Waals surface area contributed by atoms with E-state index in [1.54, 1.807) is 26.5 Å². The van der Waals surface area contributed by atoms with Gasteiger partial charge in [-0.15, -0.1) is 0 Å². The van der Waals surface area contributed by atoms with Crippen LogP contribution in [0, 0.1) is 5.41 Å². The third-order valence-electron chi connectivity index (χ3n) is 5.01. The third-order valence-corrected chi connectivity index (χ3v) is 5.01. The summed E-state index contributed by atoms with van der Waals surface area (Å²) in [6.45, 7) is 6.32. The van der Waals surface area contributed by atoms with E-state index in [-0.39, 0.29) is 29.4 Å². The normalized spacial score (nSPS) is 26.8. The summed E-state index contributed by atoms with van der Waals surface area (Å²) < 4.78 is 10.8. The second-order valence-electron chi connectivity index (χ2n) is 6.31. The summed E-state index contributed by atoms with van der Waals surface area (Å²) in [4.78, 5) is 16.4. The molecule has 1 heterocycles. The van der Waals surface area contributed by atoms with Crippen molar-refractivity contribution in [3.63, 3.8) is 0 Å². The average molecular weight is 292 g/mol.